The fourth-order valence-corrected chi connectivity index (χ4v) is 2.41. The van der Waals surface area contributed by atoms with Crippen molar-refractivity contribution in [3.8, 4) is 0 Å². The number of nitrogens with one attached hydrogen (secondary N) is 1. The van der Waals surface area contributed by atoms with Gasteiger partial charge in [0.15, 0.2) is 0 Å². The van der Waals surface area contributed by atoms with E-state index in [1.54, 1.807) is 0 Å². The number of likely N-dealkylation sites (N-methyl/N-ethyl adjacent to an activating group) is 1. The average Bonchev–Trinajstić information content (AvgIpc) is 2.83. The maximum atomic E-state index is 11.6. The Morgan fingerprint density at radius 3 is 2.39 bits per heavy atom. The largest absolute Gasteiger partial charge is 0.353 e. The first-order chi connectivity index (χ1) is 7.62. The van der Waals surface area contributed by atoms with Crippen molar-refractivity contribution >= 4 is 30.7 Å². The predicted molar refractivity (Wildman–Crippen MR) is 78.5 cm³/mol. The monoisotopic (exact) mass is 297 g/mol. The van der Waals surface area contributed by atoms with Crippen molar-refractivity contribution in [1.82, 2.24) is 10.2 Å². The van der Waals surface area contributed by atoms with Crippen LogP contribution in [-0.2, 0) is 4.79 Å². The zero-order valence-corrected chi connectivity index (χ0v) is 12.6. The molecule has 2 aliphatic rings. The molecule has 4 nitrogen and oxygen atoms in total. The smallest absolute Gasteiger partial charge is 0.240 e. The molecule has 2 rings (SSSR count). The van der Waals surface area contributed by atoms with E-state index in [1.165, 1.54) is 25.7 Å². The quantitative estimate of drug-likeness (QED) is 0.804. The van der Waals surface area contributed by atoms with Gasteiger partial charge in [-0.1, -0.05) is 12.8 Å². The van der Waals surface area contributed by atoms with Crippen LogP contribution in [0.5, 0.6) is 0 Å². The van der Waals surface area contributed by atoms with E-state index in [0.29, 0.717) is 0 Å². The molecule has 6 heteroatoms. The Morgan fingerprint density at radius 1 is 1.33 bits per heavy atom. The number of carbonyl (C=O) groups is 1. The lowest BCUT2D eigenvalue weighted by molar-refractivity contribution is -0.123. The Hall–Kier alpha value is -0.0300. The molecular weight excluding hydrogens is 273 g/mol. The molecule has 0 heterocycles. The Kier molecular flexibility index (Phi) is 7.52. The summed E-state index contributed by atoms with van der Waals surface area (Å²) in [5.41, 5.74) is 5.28. The molecule has 0 aliphatic heterocycles. The summed E-state index contributed by atoms with van der Waals surface area (Å²) in [5.74, 6) is 0.0346. The molecule has 108 valence electrons. The average molecular weight is 298 g/mol. The number of rotatable bonds is 5. The Morgan fingerprint density at radius 2 is 1.89 bits per heavy atom. The second-order valence-electron chi connectivity index (χ2n) is 5.33. The molecule has 2 aliphatic carbocycles. The first kappa shape index (κ1) is 18.0. The number of nitrogens with zero attached hydrogens (tertiary/aromatic N) is 1. The molecular formula is C12H25Cl2N3O. The summed E-state index contributed by atoms with van der Waals surface area (Å²) >= 11 is 0. The standard InChI is InChI=1S/C12H23N3O.2ClH/c1-15(10-4-2-3-5-10)9-8-14-11(16)12(13)6-7-12;;/h10H,2-9,13H2,1H3,(H,14,16);2*1H. The molecule has 18 heavy (non-hydrogen) atoms. The normalized spacial score (nSPS) is 21.1. The van der Waals surface area contributed by atoms with Gasteiger partial charge in [0, 0.05) is 19.1 Å². The van der Waals surface area contributed by atoms with Crippen LogP contribution in [0, 0.1) is 0 Å². The Bertz CT molecular complexity index is 266. The number of hydrogen-bond acceptors (Lipinski definition) is 3. The van der Waals surface area contributed by atoms with Crippen molar-refractivity contribution in [2.75, 3.05) is 20.1 Å². The molecule has 0 atom stereocenters. The molecule has 0 aromatic heterocycles. The van der Waals surface area contributed by atoms with Gasteiger partial charge in [0.2, 0.25) is 5.91 Å². The SMILES string of the molecule is CN(CCNC(=O)C1(N)CC1)C1CCCC1.Cl.Cl. The second-order valence-corrected chi connectivity index (χ2v) is 5.33. The Balaban J connectivity index is 0.00000144. The number of carbonyl (C=O) groups excluding carboxylic acids is 1. The molecule has 3 N–H and O–H groups in total. The highest BCUT2D eigenvalue weighted by atomic mass is 35.5. The van der Waals surface area contributed by atoms with Crippen molar-refractivity contribution < 1.29 is 4.79 Å². The van der Waals surface area contributed by atoms with Gasteiger partial charge in [0.05, 0.1) is 5.54 Å². The van der Waals surface area contributed by atoms with Crippen LogP contribution in [0.3, 0.4) is 0 Å². The third-order valence-electron chi connectivity index (χ3n) is 3.94. The molecule has 2 fully saturated rings. The predicted octanol–water partition coefficient (Wildman–Crippen LogP) is 1.31. The van der Waals surface area contributed by atoms with E-state index in [0.717, 1.165) is 32.0 Å². The number of amides is 1. The van der Waals surface area contributed by atoms with E-state index in [4.69, 9.17) is 5.73 Å². The van der Waals surface area contributed by atoms with Crippen LogP contribution in [0.1, 0.15) is 38.5 Å². The minimum atomic E-state index is -0.522. The number of nitrogens with two attached hydrogens (primary N) is 1. The molecule has 1 amide bonds. The minimum absolute atomic E-state index is 0. The second kappa shape index (κ2) is 7.53. The zero-order chi connectivity index (χ0) is 11.6. The van der Waals surface area contributed by atoms with Crippen LogP contribution in [0.2, 0.25) is 0 Å². The van der Waals surface area contributed by atoms with Gasteiger partial charge >= 0.3 is 0 Å². The molecule has 0 aromatic carbocycles. The van der Waals surface area contributed by atoms with Gasteiger partial charge in [-0.2, -0.15) is 0 Å². The van der Waals surface area contributed by atoms with E-state index >= 15 is 0 Å². The summed E-state index contributed by atoms with van der Waals surface area (Å²) in [6, 6.07) is 0.727. The molecule has 0 spiro atoms. The molecule has 0 unspecified atom stereocenters. The van der Waals surface area contributed by atoms with Crippen LogP contribution in [-0.4, -0.2) is 42.5 Å². The first-order valence-corrected chi connectivity index (χ1v) is 6.39. The van der Waals surface area contributed by atoms with E-state index in [9.17, 15) is 4.79 Å². The Labute approximate surface area is 122 Å². The lowest BCUT2D eigenvalue weighted by Gasteiger charge is -2.24. The van der Waals surface area contributed by atoms with Gasteiger partial charge in [-0.15, -0.1) is 24.8 Å². The van der Waals surface area contributed by atoms with Crippen LogP contribution in [0.15, 0.2) is 0 Å². The van der Waals surface area contributed by atoms with E-state index in [2.05, 4.69) is 17.3 Å². The van der Waals surface area contributed by atoms with Crippen molar-refractivity contribution in [2.24, 2.45) is 5.73 Å². The third kappa shape index (κ3) is 4.57. The van der Waals surface area contributed by atoms with Gasteiger partial charge in [0.25, 0.3) is 0 Å². The maximum Gasteiger partial charge on any atom is 0.240 e. The third-order valence-corrected chi connectivity index (χ3v) is 3.94. The molecule has 2 saturated carbocycles. The van der Waals surface area contributed by atoms with Gasteiger partial charge in [-0.3, -0.25) is 4.79 Å². The van der Waals surface area contributed by atoms with E-state index in [-0.39, 0.29) is 30.7 Å². The van der Waals surface area contributed by atoms with Crippen LogP contribution in [0.25, 0.3) is 0 Å². The van der Waals surface area contributed by atoms with Crippen LogP contribution < -0.4 is 11.1 Å². The van der Waals surface area contributed by atoms with Crippen molar-refractivity contribution in [1.29, 1.82) is 0 Å². The lowest BCUT2D eigenvalue weighted by Crippen LogP contribution is -2.45. The summed E-state index contributed by atoms with van der Waals surface area (Å²) < 4.78 is 0. The summed E-state index contributed by atoms with van der Waals surface area (Å²) in [6.07, 6.45) is 7.02. The zero-order valence-electron chi connectivity index (χ0n) is 11.0. The summed E-state index contributed by atoms with van der Waals surface area (Å²) in [5, 5.41) is 2.93. The van der Waals surface area contributed by atoms with Crippen molar-refractivity contribution in [3.63, 3.8) is 0 Å². The highest BCUT2D eigenvalue weighted by molar-refractivity contribution is 5.88. The summed E-state index contributed by atoms with van der Waals surface area (Å²) in [4.78, 5) is 13.9. The van der Waals surface area contributed by atoms with Crippen molar-refractivity contribution in [2.45, 2.75) is 50.1 Å². The topological polar surface area (TPSA) is 58.4 Å². The van der Waals surface area contributed by atoms with Gasteiger partial charge in [0.1, 0.15) is 0 Å². The number of halogens is 2. The lowest BCUT2D eigenvalue weighted by atomic mass is 10.2. The van der Waals surface area contributed by atoms with E-state index in [1.807, 2.05) is 0 Å². The minimum Gasteiger partial charge on any atom is -0.353 e. The fraction of sp³-hybridized carbons (Fsp3) is 0.917. The van der Waals surface area contributed by atoms with Crippen LogP contribution >= 0.6 is 24.8 Å². The highest BCUT2D eigenvalue weighted by Gasteiger charge is 2.45. The van der Waals surface area contributed by atoms with Gasteiger partial charge in [-0.05, 0) is 32.7 Å². The number of hydrogen-bond donors (Lipinski definition) is 2. The highest BCUT2D eigenvalue weighted by Crippen LogP contribution is 2.31. The molecule has 0 radical (unpaired) electrons. The molecule has 0 saturated heterocycles. The fourth-order valence-electron chi connectivity index (χ4n) is 2.41. The van der Waals surface area contributed by atoms with Crippen molar-refractivity contribution in [3.05, 3.63) is 0 Å². The van der Waals surface area contributed by atoms with Gasteiger partial charge < -0.3 is 16.0 Å². The molecule has 0 aromatic rings. The summed E-state index contributed by atoms with van der Waals surface area (Å²) in [7, 11) is 2.15. The summed E-state index contributed by atoms with van der Waals surface area (Å²) in [6.45, 7) is 1.66. The first-order valence-electron chi connectivity index (χ1n) is 6.39. The maximum absolute atomic E-state index is 11.6. The van der Waals surface area contributed by atoms with Crippen LogP contribution in [0.4, 0.5) is 0 Å². The van der Waals surface area contributed by atoms with E-state index < -0.39 is 5.54 Å². The van der Waals surface area contributed by atoms with Gasteiger partial charge in [-0.25, -0.2) is 0 Å². The molecule has 0 bridgehead atoms.